The molecule has 4 nitrogen and oxygen atoms in total. The van der Waals surface area contributed by atoms with Crippen molar-refractivity contribution in [3.05, 3.63) is 0 Å². The summed E-state index contributed by atoms with van der Waals surface area (Å²) in [6.45, 7) is 2.39. The molecule has 0 bridgehead atoms. The Kier molecular flexibility index (Phi) is 5.78. The normalized spacial score (nSPS) is 12.6. The van der Waals surface area contributed by atoms with Crippen molar-refractivity contribution in [3.8, 4) is 0 Å². The summed E-state index contributed by atoms with van der Waals surface area (Å²) in [5.41, 5.74) is 0. The van der Waals surface area contributed by atoms with E-state index in [4.69, 9.17) is 9.84 Å². The van der Waals surface area contributed by atoms with Gasteiger partial charge < -0.3 is 15.2 Å². The molecule has 0 rings (SSSR count). The highest BCUT2D eigenvalue weighted by atomic mass is 16.5. The maximum Gasteiger partial charge on any atom is 0.312 e. The highest BCUT2D eigenvalue weighted by Gasteiger charge is 2.16. The minimum Gasteiger partial charge on any atom is -0.466 e. The minimum absolute atomic E-state index is 0.167. The smallest absolute Gasteiger partial charge is 0.312 e. The number of ether oxygens (including phenoxy) is 1. The van der Waals surface area contributed by atoms with E-state index in [0.717, 1.165) is 0 Å². The van der Waals surface area contributed by atoms with E-state index in [9.17, 15) is 4.79 Å². The molecule has 0 saturated heterocycles. The number of nitrogens with one attached hydrogen (secondary N) is 1. The molecule has 0 aliphatic heterocycles. The number of carbonyl (C=O) groups is 1. The lowest BCUT2D eigenvalue weighted by Crippen LogP contribution is -2.30. The Labute approximate surface area is 66.5 Å². The van der Waals surface area contributed by atoms with Crippen LogP contribution in [0.4, 0.5) is 0 Å². The number of carbonyl (C=O) groups excluding carboxylic acids is 1. The lowest BCUT2D eigenvalue weighted by molar-refractivity contribution is -0.149. The van der Waals surface area contributed by atoms with Gasteiger partial charge in [0, 0.05) is 6.54 Å². The van der Waals surface area contributed by atoms with Crippen LogP contribution in [-0.4, -0.2) is 37.9 Å². The van der Waals surface area contributed by atoms with E-state index in [1.807, 2.05) is 0 Å². The van der Waals surface area contributed by atoms with Crippen molar-refractivity contribution in [3.63, 3.8) is 0 Å². The zero-order chi connectivity index (χ0) is 8.69. The highest BCUT2D eigenvalue weighted by molar-refractivity contribution is 5.72. The molecule has 0 saturated carbocycles. The predicted molar refractivity (Wildman–Crippen MR) is 41.1 cm³/mol. The summed E-state index contributed by atoms with van der Waals surface area (Å²) in [7, 11) is 1.72. The number of aliphatic hydroxyl groups excluding tert-OH is 1. The average molecular weight is 161 g/mol. The molecule has 0 amide bonds. The molecular formula is C7H15NO3. The second kappa shape index (κ2) is 6.12. The fourth-order valence-electron chi connectivity index (χ4n) is 0.729. The Bertz CT molecular complexity index is 116. The third-order valence-corrected chi connectivity index (χ3v) is 1.29. The van der Waals surface area contributed by atoms with Crippen LogP contribution in [-0.2, 0) is 9.53 Å². The van der Waals surface area contributed by atoms with Gasteiger partial charge in [-0.25, -0.2) is 0 Å². The number of rotatable bonds is 5. The molecule has 2 N–H and O–H groups in total. The Hall–Kier alpha value is -0.610. The maximum absolute atomic E-state index is 10.9. The summed E-state index contributed by atoms with van der Waals surface area (Å²) in [5, 5.41) is 11.5. The molecule has 11 heavy (non-hydrogen) atoms. The average Bonchev–Trinajstić information content (AvgIpc) is 2.00. The fourth-order valence-corrected chi connectivity index (χ4v) is 0.729. The predicted octanol–water partition coefficient (Wildman–Crippen LogP) is -0.623. The Morgan fingerprint density at radius 1 is 1.73 bits per heavy atom. The molecule has 0 spiro atoms. The molecule has 0 aliphatic carbocycles. The molecule has 66 valence electrons. The molecule has 0 aromatic carbocycles. The second-order valence-electron chi connectivity index (χ2n) is 2.19. The van der Waals surface area contributed by atoms with Gasteiger partial charge in [0.2, 0.25) is 0 Å². The van der Waals surface area contributed by atoms with Gasteiger partial charge in [0.25, 0.3) is 0 Å². The molecule has 0 aliphatic rings. The number of esters is 1. The van der Waals surface area contributed by atoms with Crippen LogP contribution < -0.4 is 5.32 Å². The molecular weight excluding hydrogens is 146 g/mol. The lowest BCUT2D eigenvalue weighted by Gasteiger charge is -2.11. The van der Waals surface area contributed by atoms with E-state index in [1.165, 1.54) is 0 Å². The SMILES string of the molecule is CCOC(=O)C(CO)CNC. The van der Waals surface area contributed by atoms with Gasteiger partial charge in [-0.05, 0) is 14.0 Å². The summed E-state index contributed by atoms with van der Waals surface area (Å²) >= 11 is 0. The molecule has 0 heterocycles. The van der Waals surface area contributed by atoms with Crippen molar-refractivity contribution in [2.75, 3.05) is 26.8 Å². The topological polar surface area (TPSA) is 58.6 Å². The minimum atomic E-state index is -0.431. The van der Waals surface area contributed by atoms with Crippen LogP contribution in [0.3, 0.4) is 0 Å². The molecule has 1 atom stereocenters. The molecule has 4 heteroatoms. The first-order chi connectivity index (χ1) is 5.26. The first-order valence-electron chi connectivity index (χ1n) is 3.68. The van der Waals surface area contributed by atoms with Gasteiger partial charge in [0.15, 0.2) is 0 Å². The first kappa shape index (κ1) is 10.4. The summed E-state index contributed by atoms with van der Waals surface area (Å²) < 4.78 is 4.71. The van der Waals surface area contributed by atoms with Gasteiger partial charge in [0.05, 0.1) is 19.1 Å². The van der Waals surface area contributed by atoms with Crippen molar-refractivity contribution in [2.45, 2.75) is 6.92 Å². The highest BCUT2D eigenvalue weighted by Crippen LogP contribution is 1.96. The number of aliphatic hydroxyl groups is 1. The first-order valence-corrected chi connectivity index (χ1v) is 3.68. The standard InChI is InChI=1S/C7H15NO3/c1-3-11-7(10)6(5-9)4-8-2/h6,8-9H,3-5H2,1-2H3. The molecule has 0 aromatic rings. The van der Waals surface area contributed by atoms with Gasteiger partial charge in [-0.15, -0.1) is 0 Å². The van der Waals surface area contributed by atoms with E-state index in [0.29, 0.717) is 13.2 Å². The second-order valence-corrected chi connectivity index (χ2v) is 2.19. The number of hydrogen-bond donors (Lipinski definition) is 2. The van der Waals surface area contributed by atoms with Gasteiger partial charge >= 0.3 is 5.97 Å². The van der Waals surface area contributed by atoms with Crippen LogP contribution in [0.1, 0.15) is 6.92 Å². The zero-order valence-electron chi connectivity index (χ0n) is 6.96. The monoisotopic (exact) mass is 161 g/mol. The summed E-state index contributed by atoms with van der Waals surface area (Å²) in [6, 6.07) is 0. The van der Waals surface area contributed by atoms with Crippen molar-refractivity contribution >= 4 is 5.97 Å². The molecule has 0 fully saturated rings. The lowest BCUT2D eigenvalue weighted by atomic mass is 10.1. The summed E-state index contributed by atoms with van der Waals surface area (Å²) in [5.74, 6) is -0.774. The van der Waals surface area contributed by atoms with Crippen molar-refractivity contribution < 1.29 is 14.6 Å². The zero-order valence-corrected chi connectivity index (χ0v) is 6.96. The van der Waals surface area contributed by atoms with E-state index < -0.39 is 5.92 Å². The van der Waals surface area contributed by atoms with Gasteiger partial charge in [-0.1, -0.05) is 0 Å². The summed E-state index contributed by atoms with van der Waals surface area (Å²) in [4.78, 5) is 10.9. The van der Waals surface area contributed by atoms with Crippen LogP contribution in [0.2, 0.25) is 0 Å². The molecule has 0 radical (unpaired) electrons. The molecule has 0 aromatic heterocycles. The largest absolute Gasteiger partial charge is 0.466 e. The van der Waals surface area contributed by atoms with Crippen LogP contribution in [0, 0.1) is 5.92 Å². The summed E-state index contributed by atoms with van der Waals surface area (Å²) in [6.07, 6.45) is 0. The third-order valence-electron chi connectivity index (χ3n) is 1.29. The van der Waals surface area contributed by atoms with Crippen LogP contribution in [0.15, 0.2) is 0 Å². The Morgan fingerprint density at radius 2 is 2.36 bits per heavy atom. The van der Waals surface area contributed by atoms with Crippen LogP contribution in [0.25, 0.3) is 0 Å². The van der Waals surface area contributed by atoms with Gasteiger partial charge in [0.1, 0.15) is 0 Å². The van der Waals surface area contributed by atoms with Crippen LogP contribution in [0.5, 0.6) is 0 Å². The van der Waals surface area contributed by atoms with Crippen molar-refractivity contribution in [1.82, 2.24) is 5.32 Å². The third kappa shape index (κ3) is 3.95. The molecule has 1 unspecified atom stereocenters. The van der Waals surface area contributed by atoms with Crippen molar-refractivity contribution in [2.24, 2.45) is 5.92 Å². The number of hydrogen-bond acceptors (Lipinski definition) is 4. The van der Waals surface area contributed by atoms with Crippen molar-refractivity contribution in [1.29, 1.82) is 0 Å². The Morgan fingerprint density at radius 3 is 2.73 bits per heavy atom. The van der Waals surface area contributed by atoms with E-state index in [-0.39, 0.29) is 12.6 Å². The van der Waals surface area contributed by atoms with E-state index >= 15 is 0 Å². The van der Waals surface area contributed by atoms with Gasteiger partial charge in [-0.2, -0.15) is 0 Å². The van der Waals surface area contributed by atoms with E-state index in [2.05, 4.69) is 5.32 Å². The maximum atomic E-state index is 10.9. The Balaban J connectivity index is 3.71. The quantitative estimate of drug-likeness (QED) is 0.527. The van der Waals surface area contributed by atoms with E-state index in [1.54, 1.807) is 14.0 Å². The van der Waals surface area contributed by atoms with Crippen LogP contribution >= 0.6 is 0 Å². The van der Waals surface area contributed by atoms with Gasteiger partial charge in [-0.3, -0.25) is 4.79 Å². The fraction of sp³-hybridized carbons (Fsp3) is 0.857.